The van der Waals surface area contributed by atoms with Crippen LogP contribution in [0.2, 0.25) is 0 Å². The van der Waals surface area contributed by atoms with E-state index < -0.39 is 11.4 Å². The van der Waals surface area contributed by atoms with Crippen molar-refractivity contribution >= 4 is 23.7 Å². The fraction of sp³-hybridized carbons (Fsp3) is 0.273. The summed E-state index contributed by atoms with van der Waals surface area (Å²) in [6.07, 6.45) is 0.406. The molecule has 2 aliphatic heterocycles. The second-order valence-corrected chi connectivity index (χ2v) is 7.78. The van der Waals surface area contributed by atoms with E-state index in [-0.39, 0.29) is 30.8 Å². The van der Waals surface area contributed by atoms with E-state index in [0.717, 1.165) is 0 Å². The third-order valence-corrected chi connectivity index (χ3v) is 5.67. The summed E-state index contributed by atoms with van der Waals surface area (Å²) in [5.41, 5.74) is 0.900. The third-order valence-electron chi connectivity index (χ3n) is 5.67. The Hall–Kier alpha value is -3.48. The van der Waals surface area contributed by atoms with Gasteiger partial charge < -0.3 is 10.0 Å². The number of carbonyl (C=O) groups is 4. The number of hydrogen-bond acceptors (Lipinski definition) is 4. The molecule has 2 aromatic carbocycles. The molecule has 2 aliphatic rings. The van der Waals surface area contributed by atoms with Crippen molar-refractivity contribution in [3.05, 3.63) is 70.8 Å². The van der Waals surface area contributed by atoms with Crippen molar-refractivity contribution in [3.8, 4) is 0 Å². The van der Waals surface area contributed by atoms with Crippen molar-refractivity contribution in [2.45, 2.75) is 19.9 Å². The molecular weight excluding hydrogens is 372 g/mol. The number of fused-ring (bicyclic) bond motifs is 1. The number of carboxylic acids is 1. The number of aliphatic carboxylic acids is 1. The van der Waals surface area contributed by atoms with Gasteiger partial charge in [0, 0.05) is 18.7 Å². The van der Waals surface area contributed by atoms with Gasteiger partial charge >= 0.3 is 5.97 Å². The summed E-state index contributed by atoms with van der Waals surface area (Å²) in [5, 5.41) is 9.36. The summed E-state index contributed by atoms with van der Waals surface area (Å²) in [4.78, 5) is 52.1. The largest absolute Gasteiger partial charge is 0.481 e. The van der Waals surface area contributed by atoms with Gasteiger partial charge in [0.05, 0.1) is 23.1 Å². The van der Waals surface area contributed by atoms with E-state index >= 15 is 0 Å². The molecule has 0 aliphatic carbocycles. The van der Waals surface area contributed by atoms with E-state index in [0.29, 0.717) is 35.2 Å². The third kappa shape index (κ3) is 3.18. The van der Waals surface area contributed by atoms with Gasteiger partial charge in [-0.3, -0.25) is 24.1 Å². The second kappa shape index (κ2) is 6.84. The van der Waals surface area contributed by atoms with Crippen LogP contribution in [0, 0.1) is 5.41 Å². The van der Waals surface area contributed by atoms with E-state index in [1.807, 2.05) is 0 Å². The molecule has 1 N–H and O–H groups in total. The van der Waals surface area contributed by atoms with Crippen LogP contribution in [-0.4, -0.2) is 51.7 Å². The number of imide groups is 1. The van der Waals surface area contributed by atoms with Crippen molar-refractivity contribution in [3.63, 3.8) is 0 Å². The van der Waals surface area contributed by atoms with E-state index in [2.05, 4.69) is 0 Å². The molecule has 2 heterocycles. The molecule has 1 fully saturated rings. The van der Waals surface area contributed by atoms with Gasteiger partial charge in [0.2, 0.25) is 0 Å². The molecule has 0 aromatic heterocycles. The van der Waals surface area contributed by atoms with Gasteiger partial charge in [-0.05, 0) is 43.2 Å². The molecule has 1 atom stereocenters. The molecule has 0 spiro atoms. The van der Waals surface area contributed by atoms with Crippen LogP contribution in [0.4, 0.5) is 0 Å². The van der Waals surface area contributed by atoms with Crippen molar-refractivity contribution in [2.75, 3.05) is 13.1 Å². The predicted molar refractivity (Wildman–Crippen MR) is 103 cm³/mol. The maximum absolute atomic E-state index is 12.8. The predicted octanol–water partition coefficient (Wildman–Crippen LogP) is 2.42. The van der Waals surface area contributed by atoms with Crippen molar-refractivity contribution in [1.29, 1.82) is 0 Å². The maximum Gasteiger partial charge on any atom is 0.311 e. The van der Waals surface area contributed by atoms with Crippen LogP contribution in [0.15, 0.2) is 48.5 Å². The first kappa shape index (κ1) is 18.9. The molecule has 29 heavy (non-hydrogen) atoms. The fourth-order valence-corrected chi connectivity index (χ4v) is 3.86. The number of hydrogen-bond donors (Lipinski definition) is 1. The molecule has 7 heteroatoms. The van der Waals surface area contributed by atoms with Gasteiger partial charge in [-0.2, -0.15) is 0 Å². The molecule has 1 unspecified atom stereocenters. The van der Waals surface area contributed by atoms with Crippen LogP contribution in [0.25, 0.3) is 0 Å². The highest BCUT2D eigenvalue weighted by molar-refractivity contribution is 6.21. The molecule has 3 amide bonds. The Morgan fingerprint density at radius 3 is 2.28 bits per heavy atom. The summed E-state index contributed by atoms with van der Waals surface area (Å²) in [6.45, 7) is 2.25. The zero-order valence-corrected chi connectivity index (χ0v) is 15.9. The van der Waals surface area contributed by atoms with Gasteiger partial charge in [-0.1, -0.05) is 24.3 Å². The Labute approximate surface area is 167 Å². The highest BCUT2D eigenvalue weighted by Crippen LogP contribution is 2.31. The minimum absolute atomic E-state index is 0.0697. The molecule has 1 saturated heterocycles. The number of carbonyl (C=O) groups excluding carboxylic acids is 3. The number of nitrogens with zero attached hydrogens (tertiary/aromatic N) is 2. The zero-order valence-electron chi connectivity index (χ0n) is 15.9. The number of carboxylic acid groups (broad SMARTS) is 1. The van der Waals surface area contributed by atoms with Gasteiger partial charge in [0.25, 0.3) is 17.7 Å². The van der Waals surface area contributed by atoms with Gasteiger partial charge in [0.15, 0.2) is 0 Å². The topological polar surface area (TPSA) is 95.0 Å². The average Bonchev–Trinajstić information content (AvgIpc) is 3.23. The minimum atomic E-state index is -0.937. The highest BCUT2D eigenvalue weighted by Gasteiger charge is 2.42. The van der Waals surface area contributed by atoms with Gasteiger partial charge in [-0.25, -0.2) is 0 Å². The molecule has 148 valence electrons. The first-order valence-corrected chi connectivity index (χ1v) is 9.37. The van der Waals surface area contributed by atoms with E-state index in [4.69, 9.17) is 0 Å². The van der Waals surface area contributed by atoms with Crippen LogP contribution in [0.3, 0.4) is 0 Å². The first-order chi connectivity index (χ1) is 13.8. The zero-order chi connectivity index (χ0) is 20.8. The van der Waals surface area contributed by atoms with E-state index in [1.54, 1.807) is 55.5 Å². The Balaban J connectivity index is 1.52. The number of likely N-dealkylation sites (tertiary alicyclic amines) is 1. The molecule has 7 nitrogen and oxygen atoms in total. The number of benzene rings is 2. The minimum Gasteiger partial charge on any atom is -0.481 e. The average molecular weight is 392 g/mol. The van der Waals surface area contributed by atoms with Crippen molar-refractivity contribution in [1.82, 2.24) is 9.80 Å². The van der Waals surface area contributed by atoms with Gasteiger partial charge in [-0.15, -0.1) is 0 Å². The molecule has 0 bridgehead atoms. The monoisotopic (exact) mass is 392 g/mol. The lowest BCUT2D eigenvalue weighted by atomic mass is 9.90. The quantitative estimate of drug-likeness (QED) is 0.807. The molecule has 0 radical (unpaired) electrons. The van der Waals surface area contributed by atoms with Crippen LogP contribution >= 0.6 is 0 Å². The SMILES string of the molecule is CC1(C(=O)O)CCN(C(=O)c2cccc(CN3C(=O)c4ccccc4C3=O)c2)C1. The number of rotatable bonds is 4. The summed E-state index contributed by atoms with van der Waals surface area (Å²) >= 11 is 0. The molecule has 2 aromatic rings. The lowest BCUT2D eigenvalue weighted by Gasteiger charge is -2.20. The van der Waals surface area contributed by atoms with Gasteiger partial charge in [0.1, 0.15) is 0 Å². The summed E-state index contributed by atoms with van der Waals surface area (Å²) in [6, 6.07) is 13.5. The van der Waals surface area contributed by atoms with Crippen LogP contribution in [-0.2, 0) is 11.3 Å². The van der Waals surface area contributed by atoms with Crippen molar-refractivity contribution < 1.29 is 24.3 Å². The maximum atomic E-state index is 12.8. The Morgan fingerprint density at radius 2 is 1.69 bits per heavy atom. The van der Waals surface area contributed by atoms with Crippen LogP contribution < -0.4 is 0 Å². The molecule has 0 saturated carbocycles. The fourth-order valence-electron chi connectivity index (χ4n) is 3.86. The standard InChI is InChI=1S/C22H20N2O5/c1-22(21(28)29)9-10-23(13-22)18(25)15-6-4-5-14(11-15)12-24-19(26)16-7-2-3-8-17(16)20(24)27/h2-8,11H,9-10,12-13H2,1H3,(H,28,29). The normalized spacial score (nSPS) is 20.9. The number of amides is 3. The van der Waals surface area contributed by atoms with E-state index in [9.17, 15) is 24.3 Å². The van der Waals surface area contributed by atoms with Crippen LogP contribution in [0.1, 0.15) is 50.0 Å². The Bertz CT molecular complexity index is 1010. The second-order valence-electron chi connectivity index (χ2n) is 7.78. The molecule has 4 rings (SSSR count). The summed E-state index contributed by atoms with van der Waals surface area (Å²) in [7, 11) is 0. The summed E-state index contributed by atoms with van der Waals surface area (Å²) in [5.74, 6) is -1.86. The lowest BCUT2D eigenvalue weighted by Crippen LogP contribution is -2.35. The highest BCUT2D eigenvalue weighted by atomic mass is 16.4. The van der Waals surface area contributed by atoms with Crippen molar-refractivity contribution in [2.24, 2.45) is 5.41 Å². The molecular formula is C22H20N2O5. The van der Waals surface area contributed by atoms with Crippen LogP contribution in [0.5, 0.6) is 0 Å². The first-order valence-electron chi connectivity index (χ1n) is 9.37. The smallest absolute Gasteiger partial charge is 0.311 e. The Kier molecular flexibility index (Phi) is 4.45. The Morgan fingerprint density at radius 1 is 1.03 bits per heavy atom. The summed E-state index contributed by atoms with van der Waals surface area (Å²) < 4.78 is 0. The lowest BCUT2D eigenvalue weighted by molar-refractivity contribution is -0.147. The van der Waals surface area contributed by atoms with E-state index in [1.165, 1.54) is 9.80 Å².